The Labute approximate surface area is 117 Å². The van der Waals surface area contributed by atoms with E-state index in [0.29, 0.717) is 0 Å². The number of hydrogen-bond donors (Lipinski definition) is 0. The van der Waals surface area contributed by atoms with Gasteiger partial charge in [0.2, 0.25) is 0 Å². The number of carbonyl (C=O) groups excluding carboxylic acids is 2. The zero-order valence-corrected chi connectivity index (χ0v) is 12.5. The summed E-state index contributed by atoms with van der Waals surface area (Å²) in [5.74, 6) is -0.705. The number of rotatable bonds is 6. The summed E-state index contributed by atoms with van der Waals surface area (Å²) in [4.78, 5) is 44.5. The molecule has 20 heavy (non-hydrogen) atoms. The lowest BCUT2D eigenvalue weighted by Crippen LogP contribution is -2.34. The summed E-state index contributed by atoms with van der Waals surface area (Å²) in [6.45, 7) is 8.32. The molecule has 0 aliphatic carbocycles. The minimum atomic E-state index is -0.472. The number of ketones is 2. The lowest BCUT2D eigenvalue weighted by atomic mass is 10.0. The molecule has 1 aromatic heterocycles. The maximum atomic E-state index is 12.0. The maximum Gasteiger partial charge on any atom is 0.289 e. The van der Waals surface area contributed by atoms with E-state index in [1.54, 1.807) is 27.7 Å². The Balaban J connectivity index is 2.98. The average Bonchev–Trinajstić information content (AvgIpc) is 2.39. The van der Waals surface area contributed by atoms with Crippen molar-refractivity contribution in [3.63, 3.8) is 0 Å². The number of carbonyl (C=O) groups is 2. The monoisotopic (exact) mass is 280 g/mol. The van der Waals surface area contributed by atoms with E-state index in [0.717, 1.165) is 11.1 Å². The largest absolute Gasteiger partial charge is 0.401 e. The third kappa shape index (κ3) is 3.53. The molecule has 110 valence electrons. The van der Waals surface area contributed by atoms with E-state index in [4.69, 9.17) is 4.84 Å². The fourth-order valence-electron chi connectivity index (χ4n) is 1.44. The highest BCUT2D eigenvalue weighted by atomic mass is 16.7. The highest BCUT2D eigenvalue weighted by Gasteiger charge is 2.18. The minimum absolute atomic E-state index is 0.114. The molecule has 0 spiro atoms. The molecule has 0 N–H and O–H groups in total. The molecule has 0 amide bonds. The molecule has 6 heteroatoms. The van der Waals surface area contributed by atoms with E-state index < -0.39 is 5.56 Å². The molecule has 1 heterocycles. The molecule has 0 bridgehead atoms. The van der Waals surface area contributed by atoms with Gasteiger partial charge in [0.1, 0.15) is 12.0 Å². The van der Waals surface area contributed by atoms with Crippen LogP contribution in [-0.2, 0) is 4.79 Å². The van der Waals surface area contributed by atoms with Crippen molar-refractivity contribution in [2.75, 3.05) is 6.61 Å². The second-order valence-electron chi connectivity index (χ2n) is 5.26. The van der Waals surface area contributed by atoms with Crippen LogP contribution in [0.4, 0.5) is 0 Å². The van der Waals surface area contributed by atoms with Gasteiger partial charge in [-0.05, 0) is 6.92 Å². The van der Waals surface area contributed by atoms with Crippen molar-refractivity contribution in [2.45, 2.75) is 34.6 Å². The van der Waals surface area contributed by atoms with Crippen LogP contribution in [0.3, 0.4) is 0 Å². The van der Waals surface area contributed by atoms with Gasteiger partial charge in [0, 0.05) is 17.4 Å². The van der Waals surface area contributed by atoms with E-state index in [2.05, 4.69) is 4.98 Å². The van der Waals surface area contributed by atoms with Crippen LogP contribution < -0.4 is 10.4 Å². The summed E-state index contributed by atoms with van der Waals surface area (Å²) in [6, 6.07) is 0. The highest BCUT2D eigenvalue weighted by molar-refractivity contribution is 5.96. The number of Topliss-reactive ketones (excluding diaryl/α,β-unsaturated/α-hetero) is 2. The van der Waals surface area contributed by atoms with Crippen LogP contribution in [-0.4, -0.2) is 27.9 Å². The van der Waals surface area contributed by atoms with Crippen LogP contribution in [0.2, 0.25) is 0 Å². The molecule has 1 rings (SSSR count). The van der Waals surface area contributed by atoms with Crippen molar-refractivity contribution >= 4 is 11.6 Å². The van der Waals surface area contributed by atoms with Crippen molar-refractivity contribution in [3.05, 3.63) is 27.9 Å². The van der Waals surface area contributed by atoms with Crippen molar-refractivity contribution in [2.24, 2.45) is 11.8 Å². The van der Waals surface area contributed by atoms with Gasteiger partial charge in [-0.25, -0.2) is 4.98 Å². The first-order valence-corrected chi connectivity index (χ1v) is 6.54. The Hall–Kier alpha value is -1.98. The van der Waals surface area contributed by atoms with Gasteiger partial charge in [-0.2, -0.15) is 0 Å². The Morgan fingerprint density at radius 1 is 1.25 bits per heavy atom. The van der Waals surface area contributed by atoms with Gasteiger partial charge in [0.15, 0.2) is 18.2 Å². The minimum Gasteiger partial charge on any atom is -0.401 e. The van der Waals surface area contributed by atoms with Crippen LogP contribution in [0.15, 0.2) is 11.1 Å². The lowest BCUT2D eigenvalue weighted by Gasteiger charge is -2.11. The third-order valence-corrected chi connectivity index (χ3v) is 2.92. The van der Waals surface area contributed by atoms with Gasteiger partial charge in [-0.1, -0.05) is 27.7 Å². The molecule has 0 aliphatic heterocycles. The molecular formula is C14H20N2O4. The van der Waals surface area contributed by atoms with Crippen molar-refractivity contribution in [1.82, 2.24) is 9.71 Å². The Kier molecular flexibility index (Phi) is 5.19. The zero-order valence-electron chi connectivity index (χ0n) is 12.5. The Bertz CT molecular complexity index is 573. The van der Waals surface area contributed by atoms with E-state index in [1.165, 1.54) is 6.92 Å². The molecule has 0 saturated heterocycles. The van der Waals surface area contributed by atoms with Crippen LogP contribution >= 0.6 is 0 Å². The summed E-state index contributed by atoms with van der Waals surface area (Å²) in [6.07, 6.45) is 1.14. The first-order valence-electron chi connectivity index (χ1n) is 6.54. The van der Waals surface area contributed by atoms with Crippen LogP contribution in [0.5, 0.6) is 0 Å². The first kappa shape index (κ1) is 16.1. The molecule has 0 aliphatic rings. The molecule has 1 aromatic rings. The molecule has 0 saturated carbocycles. The lowest BCUT2D eigenvalue weighted by molar-refractivity contribution is -0.126. The predicted molar refractivity (Wildman–Crippen MR) is 73.7 cm³/mol. The fourth-order valence-corrected chi connectivity index (χ4v) is 1.44. The molecule has 0 fully saturated rings. The quantitative estimate of drug-likeness (QED) is 0.728. The van der Waals surface area contributed by atoms with Crippen LogP contribution in [0.1, 0.15) is 43.7 Å². The summed E-state index contributed by atoms with van der Waals surface area (Å²) in [5, 5.41) is 0. The molecule has 0 unspecified atom stereocenters. The Morgan fingerprint density at radius 2 is 1.85 bits per heavy atom. The highest BCUT2D eigenvalue weighted by Crippen LogP contribution is 2.07. The average molecular weight is 280 g/mol. The van der Waals surface area contributed by atoms with E-state index in [-0.39, 0.29) is 41.3 Å². The number of hydrogen-bond acceptors (Lipinski definition) is 5. The Morgan fingerprint density at radius 3 is 2.35 bits per heavy atom. The van der Waals surface area contributed by atoms with Gasteiger partial charge >= 0.3 is 0 Å². The van der Waals surface area contributed by atoms with E-state index >= 15 is 0 Å². The van der Waals surface area contributed by atoms with Crippen molar-refractivity contribution < 1.29 is 14.4 Å². The molecule has 0 radical (unpaired) electrons. The summed E-state index contributed by atoms with van der Waals surface area (Å²) < 4.78 is 0.896. The second-order valence-corrected chi connectivity index (χ2v) is 5.26. The molecule has 0 atom stereocenters. The van der Waals surface area contributed by atoms with Gasteiger partial charge in [-0.15, -0.1) is 4.73 Å². The summed E-state index contributed by atoms with van der Waals surface area (Å²) in [5.41, 5.74) is -0.0937. The smallest absolute Gasteiger partial charge is 0.289 e. The fraction of sp³-hybridized carbons (Fsp3) is 0.571. The van der Waals surface area contributed by atoms with Gasteiger partial charge in [0.25, 0.3) is 5.56 Å². The zero-order chi connectivity index (χ0) is 15.4. The molecule has 6 nitrogen and oxygen atoms in total. The maximum absolute atomic E-state index is 12.0. The van der Waals surface area contributed by atoms with Crippen molar-refractivity contribution in [1.29, 1.82) is 0 Å². The second kappa shape index (κ2) is 6.45. The number of aromatic nitrogens is 2. The van der Waals surface area contributed by atoms with Crippen LogP contribution in [0.25, 0.3) is 0 Å². The SMILES string of the molecule is Cc1c(C(=O)C(C)C)ncn(OCC(=O)C(C)C)c1=O. The summed E-state index contributed by atoms with van der Waals surface area (Å²) >= 11 is 0. The number of nitrogens with zero attached hydrogens (tertiary/aromatic N) is 2. The van der Waals surface area contributed by atoms with Crippen LogP contribution in [0, 0.1) is 18.8 Å². The standard InChI is InChI=1S/C14H20N2O4/c1-8(2)11(17)6-20-16-7-15-12(10(5)14(16)19)13(18)9(3)4/h7-9H,6H2,1-5H3. The normalized spacial score (nSPS) is 10.9. The summed E-state index contributed by atoms with van der Waals surface area (Å²) in [7, 11) is 0. The van der Waals surface area contributed by atoms with Gasteiger partial charge in [0.05, 0.1) is 0 Å². The van der Waals surface area contributed by atoms with Gasteiger partial charge < -0.3 is 4.84 Å². The van der Waals surface area contributed by atoms with E-state index in [9.17, 15) is 14.4 Å². The molecule has 0 aromatic carbocycles. The topological polar surface area (TPSA) is 78.3 Å². The first-order chi connectivity index (χ1) is 9.25. The van der Waals surface area contributed by atoms with Gasteiger partial charge in [-0.3, -0.25) is 14.4 Å². The predicted octanol–water partition coefficient (Wildman–Crippen LogP) is 1.04. The molecular weight excluding hydrogens is 260 g/mol. The van der Waals surface area contributed by atoms with Crippen molar-refractivity contribution in [3.8, 4) is 0 Å². The van der Waals surface area contributed by atoms with E-state index in [1.807, 2.05) is 0 Å². The third-order valence-electron chi connectivity index (χ3n) is 2.92.